The summed E-state index contributed by atoms with van der Waals surface area (Å²) in [5, 5.41) is 4.92. The minimum absolute atomic E-state index is 0.115. The van der Waals surface area contributed by atoms with Crippen LogP contribution in [0, 0.1) is 10.8 Å². The van der Waals surface area contributed by atoms with E-state index in [1.807, 2.05) is 0 Å². The molecule has 0 unspecified atom stereocenters. The van der Waals surface area contributed by atoms with E-state index < -0.39 is 0 Å². The monoisotopic (exact) mass is 1870 g/mol. The molecule has 140 heavy (non-hydrogen) atoms. The van der Waals surface area contributed by atoms with Crippen LogP contribution in [0.4, 0.5) is 68.2 Å². The number of methoxy groups -OCH3 is 2. The third kappa shape index (κ3) is 29.4. The van der Waals surface area contributed by atoms with E-state index in [1.165, 1.54) is 154 Å². The number of benzene rings is 14. The Balaban J connectivity index is 0.000000213. The first-order valence-corrected chi connectivity index (χ1v) is 52.3. The van der Waals surface area contributed by atoms with Crippen LogP contribution in [0.15, 0.2) is 340 Å². The minimum Gasteiger partial charge on any atom is -0.381 e. The van der Waals surface area contributed by atoms with Crippen LogP contribution < -0.4 is 19.6 Å². The van der Waals surface area contributed by atoms with Gasteiger partial charge in [-0.05, 0) is 319 Å². The molecule has 2 heterocycles. The second-order valence-electron chi connectivity index (χ2n) is 40.0. The van der Waals surface area contributed by atoms with Crippen molar-refractivity contribution in [3.05, 3.63) is 362 Å². The van der Waals surface area contributed by atoms with E-state index in [0.29, 0.717) is 0 Å². The number of unbranched alkanes of at least 4 members (excludes halogenated alkanes) is 12. The van der Waals surface area contributed by atoms with Crippen molar-refractivity contribution in [3.63, 3.8) is 0 Å². The van der Waals surface area contributed by atoms with Crippen LogP contribution in [0.3, 0.4) is 0 Å². The average Bonchev–Trinajstić information content (AvgIpc) is 0.722. The third-order valence-corrected chi connectivity index (χ3v) is 28.8. The van der Waals surface area contributed by atoms with Gasteiger partial charge in [0.1, 0.15) is 0 Å². The number of anilines is 12. The topological polar surface area (TPSA) is 86.8 Å². The summed E-state index contributed by atoms with van der Waals surface area (Å²) >= 11 is 0. The molecule has 2 fully saturated rings. The fourth-order valence-corrected chi connectivity index (χ4v) is 18.9. The van der Waals surface area contributed by atoms with Crippen molar-refractivity contribution >= 4 is 89.8 Å². The molecule has 0 N–H and O–H groups in total. The molecule has 2 aliphatic rings. The Morgan fingerprint density at radius 1 is 0.243 bits per heavy atom. The van der Waals surface area contributed by atoms with Gasteiger partial charge in [-0.1, -0.05) is 271 Å². The zero-order chi connectivity index (χ0) is 96.9. The van der Waals surface area contributed by atoms with Gasteiger partial charge in [0.25, 0.3) is 0 Å². The lowest BCUT2D eigenvalue weighted by Crippen LogP contribution is -2.45. The number of fused-ring (bicyclic) bond motifs is 2. The second-order valence-corrected chi connectivity index (χ2v) is 40.0. The fraction of sp³-hybridized carbons (Fsp3) is 0.375. The van der Waals surface area contributed by atoms with E-state index >= 15 is 0 Å². The van der Waals surface area contributed by atoms with Gasteiger partial charge in [-0.2, -0.15) is 0 Å². The maximum absolute atomic E-state index is 6.05. The average molecular weight is 1870 g/mol. The van der Waals surface area contributed by atoms with Crippen molar-refractivity contribution in [2.75, 3.05) is 113 Å². The summed E-state index contributed by atoms with van der Waals surface area (Å²) in [6.07, 6.45) is 27.3. The highest BCUT2D eigenvalue weighted by atomic mass is 16.5. The molecule has 732 valence electrons. The largest absolute Gasteiger partial charge is 0.381 e. The Kier molecular flexibility index (Phi) is 38.8. The standard InChI is InChI=1S/C68H76N2O4.C60H76N2O4/c1-3-67(49-73-50-67)47-71-45-15-7-5-9-19-53-29-37-59(38-30-53)69(65-27-17-23-57-21-11-13-25-63(57)65)61-41-33-55(34-42-61)56-35-43-62(44-36-56)70(66-28-18-24-58-22-12-14-26-64(58)66)60-39-31-54(32-40-60)20-10-6-8-16-46-72-48-68(4-2)51-74-52-68;1-59(2,63-5)43-47-65-45-19-9-7-13-21-49-27-35-55(36-28-49)61(53-23-15-11-16-24-53)57-39-31-51(32-40-57)52-33-41-58(42-34-52)62(54-25-17-12-18-26-54)56-37-29-50(30-38-56)22-14-8-10-20-46-66-48-44-60(3,4)64-6/h11-14,17-18,21-44H,3-10,15-16,19-20,45-52H2,1-2H3;11-12,15-18,23-42H,7-10,13-14,19-22,43-48H2,1-6H3. The van der Waals surface area contributed by atoms with Crippen LogP contribution in [0.1, 0.15) is 192 Å². The van der Waals surface area contributed by atoms with Crippen LogP contribution in [0.25, 0.3) is 43.8 Å². The maximum Gasteiger partial charge on any atom is 0.0644 e. The number of hydrogen-bond acceptors (Lipinski definition) is 12. The first-order chi connectivity index (χ1) is 68.7. The first kappa shape index (κ1) is 103. The normalized spacial score (nSPS) is 13.3. The highest BCUT2D eigenvalue weighted by Gasteiger charge is 2.38. The maximum atomic E-state index is 6.05. The van der Waals surface area contributed by atoms with E-state index in [9.17, 15) is 0 Å². The van der Waals surface area contributed by atoms with Crippen molar-refractivity contribution in [1.29, 1.82) is 0 Å². The van der Waals surface area contributed by atoms with E-state index in [0.717, 1.165) is 213 Å². The molecule has 14 aromatic rings. The fourth-order valence-electron chi connectivity index (χ4n) is 18.9. The Hall–Kier alpha value is -11.5. The van der Waals surface area contributed by atoms with Gasteiger partial charge in [-0.25, -0.2) is 0 Å². The molecule has 14 aromatic carbocycles. The first-order valence-electron chi connectivity index (χ1n) is 52.3. The van der Waals surface area contributed by atoms with Crippen LogP contribution in [-0.4, -0.2) is 105 Å². The van der Waals surface area contributed by atoms with Gasteiger partial charge in [0.2, 0.25) is 0 Å². The van der Waals surface area contributed by atoms with Gasteiger partial charge in [0, 0.05) is 132 Å². The molecule has 2 saturated heterocycles. The van der Waals surface area contributed by atoms with E-state index in [-0.39, 0.29) is 22.0 Å². The summed E-state index contributed by atoms with van der Waals surface area (Å²) in [5.74, 6) is 0. The lowest BCUT2D eigenvalue weighted by atomic mass is 9.84. The third-order valence-electron chi connectivity index (χ3n) is 28.8. The number of para-hydroxylation sites is 2. The molecular weight excluding hydrogens is 1720 g/mol. The summed E-state index contributed by atoms with van der Waals surface area (Å²) in [4.78, 5) is 9.52. The Morgan fingerprint density at radius 2 is 0.486 bits per heavy atom. The SMILES string of the molecule is CCC1(COCCCCCCc2ccc(N(c3ccc(-c4ccc(N(c5ccc(CCCCCCOCC6(CC)COC6)cc5)c5cccc6ccccc56)cc4)cc3)c3cccc4ccccc34)cc2)COC1.COC(C)(C)CCOCCCCCCc1ccc(N(c2ccccc2)c2ccc(-c3ccc(N(c4ccccc4)c4ccc(CCCCCCOCCC(C)(C)OC)cc4)cc3)cc2)cc1. The van der Waals surface area contributed by atoms with Gasteiger partial charge >= 0.3 is 0 Å². The highest BCUT2D eigenvalue weighted by Crippen LogP contribution is 2.45. The molecule has 0 aliphatic carbocycles. The van der Waals surface area contributed by atoms with E-state index in [1.54, 1.807) is 14.2 Å². The molecular formula is C128H152N4O8. The lowest BCUT2D eigenvalue weighted by molar-refractivity contribution is -0.150. The van der Waals surface area contributed by atoms with Gasteiger partial charge in [0.05, 0.1) is 62.2 Å². The number of aryl methyl sites for hydroxylation is 4. The smallest absolute Gasteiger partial charge is 0.0644 e. The van der Waals surface area contributed by atoms with Crippen LogP contribution in [0.5, 0.6) is 0 Å². The molecule has 0 bridgehead atoms. The number of hydrogen-bond donors (Lipinski definition) is 0. The zero-order valence-electron chi connectivity index (χ0n) is 84.8. The predicted octanol–water partition coefficient (Wildman–Crippen LogP) is 33.9. The van der Waals surface area contributed by atoms with Crippen LogP contribution in [0.2, 0.25) is 0 Å². The lowest BCUT2D eigenvalue weighted by Gasteiger charge is -2.40. The van der Waals surface area contributed by atoms with Crippen molar-refractivity contribution in [1.82, 2.24) is 0 Å². The molecule has 0 amide bonds. The van der Waals surface area contributed by atoms with Crippen molar-refractivity contribution < 1.29 is 37.9 Å². The van der Waals surface area contributed by atoms with Crippen LogP contribution in [-0.2, 0) is 63.6 Å². The molecule has 12 nitrogen and oxygen atoms in total. The molecule has 2 aliphatic heterocycles. The molecule has 12 heteroatoms. The minimum atomic E-state index is -0.115. The number of rotatable bonds is 56. The van der Waals surface area contributed by atoms with E-state index in [2.05, 4.69) is 401 Å². The molecule has 0 aromatic heterocycles. The summed E-state index contributed by atoms with van der Waals surface area (Å²) in [6.45, 7) is 22.9. The van der Waals surface area contributed by atoms with Gasteiger partial charge < -0.3 is 57.5 Å². The second kappa shape index (κ2) is 52.8. The Bertz CT molecular complexity index is 5560. The Labute approximate surface area is 837 Å². The van der Waals surface area contributed by atoms with Crippen LogP contribution >= 0.6 is 0 Å². The number of ether oxygens (including phenoxy) is 8. The molecule has 0 atom stereocenters. The van der Waals surface area contributed by atoms with Gasteiger partial charge in [0.15, 0.2) is 0 Å². The number of nitrogens with zero attached hydrogens (tertiary/aromatic N) is 4. The molecule has 16 rings (SSSR count). The summed E-state index contributed by atoms with van der Waals surface area (Å²) in [7, 11) is 3.53. The molecule has 0 radical (unpaired) electrons. The summed E-state index contributed by atoms with van der Waals surface area (Å²) in [6, 6.07) is 125. The van der Waals surface area contributed by atoms with Crippen molar-refractivity contribution in [3.8, 4) is 22.3 Å². The van der Waals surface area contributed by atoms with Crippen molar-refractivity contribution in [2.45, 2.75) is 207 Å². The quantitative estimate of drug-likeness (QED) is 0.0340. The summed E-state index contributed by atoms with van der Waals surface area (Å²) in [5.41, 5.74) is 24.3. The molecule has 0 saturated carbocycles. The highest BCUT2D eigenvalue weighted by molar-refractivity contribution is 6.00. The molecule has 0 spiro atoms. The van der Waals surface area contributed by atoms with Gasteiger partial charge in [-0.3, -0.25) is 0 Å². The van der Waals surface area contributed by atoms with Gasteiger partial charge in [-0.15, -0.1) is 0 Å². The zero-order valence-corrected chi connectivity index (χ0v) is 84.8. The Morgan fingerprint density at radius 3 is 0.757 bits per heavy atom. The summed E-state index contributed by atoms with van der Waals surface area (Å²) < 4.78 is 45.7. The predicted molar refractivity (Wildman–Crippen MR) is 588 cm³/mol. The van der Waals surface area contributed by atoms with Crippen molar-refractivity contribution in [2.24, 2.45) is 10.8 Å². The van der Waals surface area contributed by atoms with E-state index in [4.69, 9.17) is 37.9 Å².